The van der Waals surface area contributed by atoms with Crippen LogP contribution in [0.1, 0.15) is 62.1 Å². The fourth-order valence-electron chi connectivity index (χ4n) is 6.83. The van der Waals surface area contributed by atoms with Crippen molar-refractivity contribution in [1.29, 1.82) is 0 Å². The lowest BCUT2D eigenvalue weighted by Gasteiger charge is -2.59. The summed E-state index contributed by atoms with van der Waals surface area (Å²) >= 11 is 0. The molecule has 29 heavy (non-hydrogen) atoms. The van der Waals surface area contributed by atoms with E-state index in [1.165, 1.54) is 55.2 Å². The second-order valence-electron chi connectivity index (χ2n) is 10.2. The van der Waals surface area contributed by atoms with Crippen LogP contribution in [0.5, 0.6) is 5.75 Å². The first-order valence-corrected chi connectivity index (χ1v) is 11.6. The van der Waals surface area contributed by atoms with Gasteiger partial charge in [0.15, 0.2) is 0 Å². The second-order valence-corrected chi connectivity index (χ2v) is 10.2. The third kappa shape index (κ3) is 3.97. The predicted octanol–water partition coefficient (Wildman–Crippen LogP) is 6.27. The summed E-state index contributed by atoms with van der Waals surface area (Å²) in [5, 5.41) is 3.90. The molecule has 1 atom stereocenters. The van der Waals surface area contributed by atoms with Crippen molar-refractivity contribution < 1.29 is 4.74 Å². The molecule has 0 aliphatic heterocycles. The Morgan fingerprint density at radius 1 is 0.931 bits per heavy atom. The number of ether oxygens (including phenoxy) is 1. The van der Waals surface area contributed by atoms with Gasteiger partial charge in [-0.15, -0.1) is 0 Å². The van der Waals surface area contributed by atoms with Gasteiger partial charge in [0, 0.05) is 12.6 Å². The van der Waals surface area contributed by atoms with Crippen LogP contribution in [-0.4, -0.2) is 6.04 Å². The Morgan fingerprint density at radius 2 is 1.55 bits per heavy atom. The van der Waals surface area contributed by atoms with E-state index in [0.29, 0.717) is 18.1 Å². The van der Waals surface area contributed by atoms with E-state index in [4.69, 9.17) is 4.74 Å². The molecule has 1 unspecified atom stereocenters. The molecule has 0 saturated heterocycles. The molecule has 4 aliphatic carbocycles. The van der Waals surface area contributed by atoms with Crippen LogP contribution in [0.4, 0.5) is 0 Å². The van der Waals surface area contributed by atoms with E-state index in [9.17, 15) is 0 Å². The van der Waals surface area contributed by atoms with Gasteiger partial charge >= 0.3 is 0 Å². The SMILES string of the molecule is Cc1ccccc1COc1ccc(CNC(C)C23CC4CC(CC(C4)C2)C3)cc1. The molecule has 2 heteroatoms. The van der Waals surface area contributed by atoms with Crippen molar-refractivity contribution >= 4 is 0 Å². The Balaban J connectivity index is 1.15. The molecule has 0 aromatic heterocycles. The van der Waals surface area contributed by atoms with Crippen LogP contribution in [0, 0.1) is 30.1 Å². The van der Waals surface area contributed by atoms with Crippen molar-refractivity contribution in [3.05, 3.63) is 65.2 Å². The van der Waals surface area contributed by atoms with E-state index in [0.717, 1.165) is 30.0 Å². The zero-order chi connectivity index (χ0) is 19.8. The Hall–Kier alpha value is -1.80. The zero-order valence-corrected chi connectivity index (χ0v) is 18.0. The largest absolute Gasteiger partial charge is 0.489 e. The first kappa shape index (κ1) is 19.2. The summed E-state index contributed by atoms with van der Waals surface area (Å²) in [6.45, 7) is 6.18. The van der Waals surface area contributed by atoms with E-state index in [1.54, 1.807) is 0 Å². The average Bonchev–Trinajstić information content (AvgIpc) is 2.71. The first-order chi connectivity index (χ1) is 14.1. The maximum absolute atomic E-state index is 6.00. The minimum atomic E-state index is 0.575. The van der Waals surface area contributed by atoms with Crippen LogP contribution >= 0.6 is 0 Å². The highest BCUT2D eigenvalue weighted by Crippen LogP contribution is 2.61. The number of hydrogen-bond donors (Lipinski definition) is 1. The molecular formula is C27H35NO. The van der Waals surface area contributed by atoms with Gasteiger partial charge in [0.1, 0.15) is 12.4 Å². The predicted molar refractivity (Wildman–Crippen MR) is 119 cm³/mol. The van der Waals surface area contributed by atoms with Gasteiger partial charge in [-0.1, -0.05) is 36.4 Å². The molecule has 6 rings (SSSR count). The number of hydrogen-bond acceptors (Lipinski definition) is 2. The van der Waals surface area contributed by atoms with Crippen LogP contribution < -0.4 is 10.1 Å². The molecule has 4 saturated carbocycles. The summed E-state index contributed by atoms with van der Waals surface area (Å²) in [5.41, 5.74) is 4.46. The normalized spacial score (nSPS) is 31.0. The van der Waals surface area contributed by atoms with E-state index >= 15 is 0 Å². The van der Waals surface area contributed by atoms with E-state index in [2.05, 4.69) is 67.7 Å². The van der Waals surface area contributed by atoms with Gasteiger partial charge in [-0.2, -0.15) is 0 Å². The maximum Gasteiger partial charge on any atom is 0.119 e. The summed E-state index contributed by atoms with van der Waals surface area (Å²) in [6, 6.07) is 17.7. The van der Waals surface area contributed by atoms with Crippen LogP contribution in [0.15, 0.2) is 48.5 Å². The van der Waals surface area contributed by atoms with Crippen molar-refractivity contribution in [3.63, 3.8) is 0 Å². The van der Waals surface area contributed by atoms with Crippen molar-refractivity contribution in [1.82, 2.24) is 5.32 Å². The lowest BCUT2D eigenvalue weighted by molar-refractivity contribution is -0.0706. The lowest BCUT2D eigenvalue weighted by atomic mass is 9.48. The Kier molecular flexibility index (Phi) is 5.16. The Labute approximate surface area is 176 Å². The first-order valence-electron chi connectivity index (χ1n) is 11.6. The molecular weight excluding hydrogens is 354 g/mol. The molecule has 4 fully saturated rings. The van der Waals surface area contributed by atoms with Gasteiger partial charge in [0.05, 0.1) is 0 Å². The molecule has 1 N–H and O–H groups in total. The topological polar surface area (TPSA) is 21.3 Å². The molecule has 4 aliphatic rings. The van der Waals surface area contributed by atoms with Gasteiger partial charge < -0.3 is 10.1 Å². The molecule has 154 valence electrons. The Morgan fingerprint density at radius 3 is 2.17 bits per heavy atom. The quantitative estimate of drug-likeness (QED) is 0.603. The fraction of sp³-hybridized carbons (Fsp3) is 0.556. The van der Waals surface area contributed by atoms with Gasteiger partial charge in [0.2, 0.25) is 0 Å². The second kappa shape index (κ2) is 7.80. The molecule has 2 aromatic rings. The third-order valence-electron chi connectivity index (χ3n) is 8.20. The number of aryl methyl sites for hydroxylation is 1. The van der Waals surface area contributed by atoms with Gasteiger partial charge in [-0.05, 0) is 104 Å². The smallest absolute Gasteiger partial charge is 0.119 e. The van der Waals surface area contributed by atoms with Gasteiger partial charge in [0.25, 0.3) is 0 Å². The standard InChI is InChI=1S/C27H35NO/c1-19-5-3-4-6-25(19)18-29-26-9-7-21(8-10-26)17-28-20(2)27-14-22-11-23(15-27)13-24(12-22)16-27/h3-10,20,22-24,28H,11-18H2,1-2H3. The van der Waals surface area contributed by atoms with E-state index in [1.807, 2.05) is 0 Å². The maximum atomic E-state index is 6.00. The van der Waals surface area contributed by atoms with Crippen LogP contribution in [0.25, 0.3) is 0 Å². The van der Waals surface area contributed by atoms with Crippen LogP contribution in [0.3, 0.4) is 0 Å². The number of nitrogens with one attached hydrogen (secondary N) is 1. The molecule has 0 amide bonds. The Bertz CT molecular complexity index is 805. The lowest BCUT2D eigenvalue weighted by Crippen LogP contribution is -2.54. The molecule has 4 bridgehead atoms. The highest BCUT2D eigenvalue weighted by molar-refractivity contribution is 5.29. The third-order valence-corrected chi connectivity index (χ3v) is 8.20. The molecule has 0 spiro atoms. The summed E-state index contributed by atoms with van der Waals surface area (Å²) in [7, 11) is 0. The minimum Gasteiger partial charge on any atom is -0.489 e. The highest BCUT2D eigenvalue weighted by atomic mass is 16.5. The van der Waals surface area contributed by atoms with E-state index < -0.39 is 0 Å². The molecule has 0 radical (unpaired) electrons. The average molecular weight is 390 g/mol. The van der Waals surface area contributed by atoms with Crippen molar-refractivity contribution in [2.45, 2.75) is 71.6 Å². The zero-order valence-electron chi connectivity index (χ0n) is 18.0. The molecule has 2 aromatic carbocycles. The summed E-state index contributed by atoms with van der Waals surface area (Å²) < 4.78 is 6.00. The van der Waals surface area contributed by atoms with E-state index in [-0.39, 0.29) is 0 Å². The molecule has 0 heterocycles. The monoisotopic (exact) mass is 389 g/mol. The highest BCUT2D eigenvalue weighted by Gasteiger charge is 2.52. The van der Waals surface area contributed by atoms with Crippen LogP contribution in [0.2, 0.25) is 0 Å². The van der Waals surface area contributed by atoms with Gasteiger partial charge in [-0.25, -0.2) is 0 Å². The van der Waals surface area contributed by atoms with Crippen molar-refractivity contribution in [3.8, 4) is 5.75 Å². The minimum absolute atomic E-state index is 0.575. The van der Waals surface area contributed by atoms with Crippen molar-refractivity contribution in [2.75, 3.05) is 0 Å². The fourth-order valence-corrected chi connectivity index (χ4v) is 6.83. The van der Waals surface area contributed by atoms with Crippen molar-refractivity contribution in [2.24, 2.45) is 23.2 Å². The van der Waals surface area contributed by atoms with Crippen LogP contribution in [-0.2, 0) is 13.2 Å². The number of benzene rings is 2. The summed E-state index contributed by atoms with van der Waals surface area (Å²) in [6.07, 6.45) is 8.98. The summed E-state index contributed by atoms with van der Waals surface area (Å²) in [4.78, 5) is 0. The summed E-state index contributed by atoms with van der Waals surface area (Å²) in [5.74, 6) is 4.02. The van der Waals surface area contributed by atoms with Gasteiger partial charge in [-0.3, -0.25) is 0 Å². The number of rotatable bonds is 7. The molecule has 2 nitrogen and oxygen atoms in total.